The Morgan fingerprint density at radius 1 is 1.28 bits per heavy atom. The van der Waals surface area contributed by atoms with E-state index in [-0.39, 0.29) is 11.9 Å². The molecule has 2 unspecified atom stereocenters. The van der Waals surface area contributed by atoms with Crippen molar-refractivity contribution in [3.05, 3.63) is 35.4 Å². The van der Waals surface area contributed by atoms with E-state index in [1.165, 1.54) is 0 Å². The highest BCUT2D eigenvalue weighted by atomic mass is 35.5. The molecule has 1 amide bonds. The van der Waals surface area contributed by atoms with Gasteiger partial charge in [0.2, 0.25) is 0 Å². The minimum Gasteiger partial charge on any atom is -0.350 e. The molecule has 0 heterocycles. The van der Waals surface area contributed by atoms with Crippen LogP contribution >= 0.6 is 11.6 Å². The van der Waals surface area contributed by atoms with Crippen molar-refractivity contribution in [2.75, 3.05) is 0 Å². The van der Waals surface area contributed by atoms with Crippen molar-refractivity contribution in [2.45, 2.75) is 45.5 Å². The average Bonchev–Trinajstić information content (AvgIpc) is 2.38. The molecular weight excluding hydrogens is 246 g/mol. The Balaban J connectivity index is 2.53. The van der Waals surface area contributed by atoms with Gasteiger partial charge in [0.1, 0.15) is 0 Å². The molecule has 0 saturated carbocycles. The Morgan fingerprint density at radius 3 is 2.39 bits per heavy atom. The van der Waals surface area contributed by atoms with Crippen LogP contribution in [0.2, 0.25) is 0 Å². The van der Waals surface area contributed by atoms with Crippen molar-refractivity contribution in [1.82, 2.24) is 5.32 Å². The van der Waals surface area contributed by atoms with E-state index in [1.807, 2.05) is 24.3 Å². The molecule has 3 heteroatoms. The third kappa shape index (κ3) is 4.69. The summed E-state index contributed by atoms with van der Waals surface area (Å²) in [6.45, 7) is 6.43. The number of carbonyl (C=O) groups excluding carboxylic acids is 1. The first-order chi connectivity index (χ1) is 8.56. The van der Waals surface area contributed by atoms with Gasteiger partial charge in [-0.25, -0.2) is 0 Å². The van der Waals surface area contributed by atoms with Crippen LogP contribution in [-0.2, 0) is 5.88 Å². The number of rotatable bonds is 6. The highest BCUT2D eigenvalue weighted by Crippen LogP contribution is 2.11. The Hall–Kier alpha value is -1.02. The third-order valence-electron chi connectivity index (χ3n) is 3.20. The summed E-state index contributed by atoms with van der Waals surface area (Å²) in [5.74, 6) is 1.11. The first-order valence-corrected chi connectivity index (χ1v) is 7.06. The smallest absolute Gasteiger partial charge is 0.251 e. The zero-order valence-corrected chi connectivity index (χ0v) is 12.1. The largest absolute Gasteiger partial charge is 0.350 e. The molecule has 0 fully saturated rings. The monoisotopic (exact) mass is 267 g/mol. The number of carbonyl (C=O) groups is 1. The Morgan fingerprint density at radius 2 is 1.89 bits per heavy atom. The average molecular weight is 268 g/mol. The summed E-state index contributed by atoms with van der Waals surface area (Å²) in [4.78, 5) is 12.0. The lowest BCUT2D eigenvalue weighted by Gasteiger charge is -2.17. The van der Waals surface area contributed by atoms with E-state index in [2.05, 4.69) is 26.1 Å². The van der Waals surface area contributed by atoms with E-state index >= 15 is 0 Å². The second kappa shape index (κ2) is 7.42. The van der Waals surface area contributed by atoms with E-state index in [0.717, 1.165) is 18.4 Å². The lowest BCUT2D eigenvalue weighted by Crippen LogP contribution is -2.33. The summed E-state index contributed by atoms with van der Waals surface area (Å²) in [6, 6.07) is 7.63. The summed E-state index contributed by atoms with van der Waals surface area (Å²) in [7, 11) is 0. The van der Waals surface area contributed by atoms with Crippen molar-refractivity contribution in [1.29, 1.82) is 0 Å². The molecule has 1 aromatic carbocycles. The molecule has 0 aromatic heterocycles. The maximum absolute atomic E-state index is 12.0. The van der Waals surface area contributed by atoms with Crippen LogP contribution in [0.1, 0.15) is 49.5 Å². The molecule has 0 saturated heterocycles. The van der Waals surface area contributed by atoms with E-state index in [0.29, 0.717) is 17.4 Å². The maximum Gasteiger partial charge on any atom is 0.251 e. The number of alkyl halides is 1. The van der Waals surface area contributed by atoms with Gasteiger partial charge in [-0.3, -0.25) is 4.79 Å². The van der Waals surface area contributed by atoms with Crippen LogP contribution in [0.3, 0.4) is 0 Å². The molecule has 1 N–H and O–H groups in total. The molecule has 0 aliphatic heterocycles. The molecule has 0 bridgehead atoms. The number of hydrogen-bond acceptors (Lipinski definition) is 1. The van der Waals surface area contributed by atoms with Crippen molar-refractivity contribution in [3.63, 3.8) is 0 Å². The molecule has 2 nitrogen and oxygen atoms in total. The molecule has 18 heavy (non-hydrogen) atoms. The summed E-state index contributed by atoms with van der Waals surface area (Å²) < 4.78 is 0. The van der Waals surface area contributed by atoms with Crippen LogP contribution < -0.4 is 5.32 Å². The van der Waals surface area contributed by atoms with E-state index < -0.39 is 0 Å². The summed E-state index contributed by atoms with van der Waals surface area (Å²) >= 11 is 5.72. The summed E-state index contributed by atoms with van der Waals surface area (Å²) in [5.41, 5.74) is 1.72. The van der Waals surface area contributed by atoms with Crippen LogP contribution in [0.5, 0.6) is 0 Å². The molecule has 0 spiro atoms. The van der Waals surface area contributed by atoms with Gasteiger partial charge in [-0.05, 0) is 37.0 Å². The van der Waals surface area contributed by atoms with Crippen molar-refractivity contribution >= 4 is 17.5 Å². The Bertz CT molecular complexity index is 375. The fourth-order valence-corrected chi connectivity index (χ4v) is 2.06. The molecule has 0 radical (unpaired) electrons. The molecule has 0 aliphatic carbocycles. The molecule has 100 valence electrons. The second-order valence-electron chi connectivity index (χ2n) is 4.95. The zero-order chi connectivity index (χ0) is 13.5. The normalized spacial score (nSPS) is 14.0. The third-order valence-corrected chi connectivity index (χ3v) is 3.51. The molecular formula is C15H22ClNO. The van der Waals surface area contributed by atoms with Gasteiger partial charge in [-0.1, -0.05) is 32.4 Å². The highest BCUT2D eigenvalue weighted by Gasteiger charge is 2.11. The van der Waals surface area contributed by atoms with Gasteiger partial charge in [-0.15, -0.1) is 11.6 Å². The van der Waals surface area contributed by atoms with Crippen LogP contribution in [0.25, 0.3) is 0 Å². The molecule has 2 atom stereocenters. The summed E-state index contributed by atoms with van der Waals surface area (Å²) in [6.07, 6.45) is 2.16. The van der Waals surface area contributed by atoms with Gasteiger partial charge in [0, 0.05) is 17.5 Å². The predicted molar refractivity (Wildman–Crippen MR) is 77.0 cm³/mol. The number of hydrogen-bond donors (Lipinski definition) is 1. The van der Waals surface area contributed by atoms with Crippen molar-refractivity contribution in [2.24, 2.45) is 5.92 Å². The fraction of sp³-hybridized carbons (Fsp3) is 0.533. The SMILES string of the molecule is CCC(C)CC(C)NC(=O)c1ccc(CCl)cc1. The molecule has 1 rings (SSSR count). The van der Waals surface area contributed by atoms with Gasteiger partial charge in [0.25, 0.3) is 5.91 Å². The minimum atomic E-state index is -0.00748. The topological polar surface area (TPSA) is 29.1 Å². The number of benzene rings is 1. The maximum atomic E-state index is 12.0. The molecule has 0 aliphatic rings. The van der Waals surface area contributed by atoms with Crippen LogP contribution in [0, 0.1) is 5.92 Å². The lowest BCUT2D eigenvalue weighted by molar-refractivity contribution is 0.0935. The number of halogens is 1. The van der Waals surface area contributed by atoms with E-state index in [9.17, 15) is 4.79 Å². The minimum absolute atomic E-state index is 0.00748. The number of nitrogens with one attached hydrogen (secondary N) is 1. The van der Waals surface area contributed by atoms with Crippen LogP contribution in [0.4, 0.5) is 0 Å². The van der Waals surface area contributed by atoms with E-state index in [1.54, 1.807) is 0 Å². The second-order valence-corrected chi connectivity index (χ2v) is 5.22. The van der Waals surface area contributed by atoms with Crippen LogP contribution in [-0.4, -0.2) is 11.9 Å². The Labute approximate surface area is 115 Å². The van der Waals surface area contributed by atoms with Crippen LogP contribution in [0.15, 0.2) is 24.3 Å². The van der Waals surface area contributed by atoms with Crippen molar-refractivity contribution < 1.29 is 4.79 Å². The highest BCUT2D eigenvalue weighted by molar-refractivity contribution is 6.17. The van der Waals surface area contributed by atoms with Gasteiger partial charge in [0.15, 0.2) is 0 Å². The standard InChI is InChI=1S/C15H22ClNO/c1-4-11(2)9-12(3)17-15(18)14-7-5-13(10-16)6-8-14/h5-8,11-12H,4,9-10H2,1-3H3,(H,17,18). The first-order valence-electron chi connectivity index (χ1n) is 6.52. The van der Waals surface area contributed by atoms with Crippen molar-refractivity contribution in [3.8, 4) is 0 Å². The predicted octanol–water partition coefficient (Wildman–Crippen LogP) is 3.98. The van der Waals surface area contributed by atoms with E-state index in [4.69, 9.17) is 11.6 Å². The van der Waals surface area contributed by atoms with Gasteiger partial charge < -0.3 is 5.32 Å². The number of amides is 1. The fourth-order valence-electron chi connectivity index (χ4n) is 1.88. The Kier molecular flexibility index (Phi) is 6.20. The zero-order valence-electron chi connectivity index (χ0n) is 11.4. The van der Waals surface area contributed by atoms with Gasteiger partial charge in [-0.2, -0.15) is 0 Å². The first kappa shape index (κ1) is 15.0. The lowest BCUT2D eigenvalue weighted by atomic mass is 10.00. The molecule has 1 aromatic rings. The van der Waals surface area contributed by atoms with Gasteiger partial charge in [0.05, 0.1) is 0 Å². The summed E-state index contributed by atoms with van der Waals surface area (Å²) in [5, 5.41) is 3.03. The van der Waals surface area contributed by atoms with Gasteiger partial charge >= 0.3 is 0 Å². The quantitative estimate of drug-likeness (QED) is 0.776.